The van der Waals surface area contributed by atoms with Crippen molar-refractivity contribution in [3.63, 3.8) is 0 Å². The molecule has 0 bridgehead atoms. The van der Waals surface area contributed by atoms with Crippen molar-refractivity contribution >= 4 is 17.4 Å². The summed E-state index contributed by atoms with van der Waals surface area (Å²) in [6.45, 7) is 2.33. The van der Waals surface area contributed by atoms with E-state index in [4.69, 9.17) is 9.47 Å². The second-order valence-electron chi connectivity index (χ2n) is 6.98. The number of unbranched alkanes of at least 4 members (excludes halogenated alkanes) is 1. The van der Waals surface area contributed by atoms with E-state index in [1.54, 1.807) is 30.3 Å². The number of carbonyl (C=O) groups excluding carboxylic acids is 2. The van der Waals surface area contributed by atoms with Crippen LogP contribution in [0.4, 0.5) is 0 Å². The number of phenols is 1. The quantitative estimate of drug-likeness (QED) is 0.410. The smallest absolute Gasteiger partial charge is 0.295 e. The second-order valence-corrected chi connectivity index (χ2v) is 6.98. The number of benzene rings is 2. The monoisotopic (exact) mass is 411 g/mol. The lowest BCUT2D eigenvalue weighted by molar-refractivity contribution is -0.139. The molecule has 1 aliphatic heterocycles. The number of methoxy groups -OCH3 is 2. The van der Waals surface area contributed by atoms with Crippen molar-refractivity contribution in [3.8, 4) is 17.2 Å². The Bertz CT molecular complexity index is 975. The molecule has 1 amide bonds. The number of Topliss-reactive ketones (excluding diaryl/α,β-unsaturated/α-hetero) is 1. The van der Waals surface area contributed by atoms with Crippen LogP contribution in [-0.2, 0) is 9.59 Å². The minimum absolute atomic E-state index is 0.00320. The third kappa shape index (κ3) is 3.70. The number of rotatable bonds is 7. The zero-order valence-electron chi connectivity index (χ0n) is 17.2. The summed E-state index contributed by atoms with van der Waals surface area (Å²) >= 11 is 0. The molecule has 3 rings (SSSR count). The molecule has 30 heavy (non-hydrogen) atoms. The first kappa shape index (κ1) is 21.2. The van der Waals surface area contributed by atoms with Crippen LogP contribution in [0.2, 0.25) is 0 Å². The lowest BCUT2D eigenvalue weighted by atomic mass is 9.94. The van der Waals surface area contributed by atoms with Crippen LogP contribution in [0.5, 0.6) is 17.2 Å². The zero-order chi connectivity index (χ0) is 21.8. The van der Waals surface area contributed by atoms with E-state index in [-0.39, 0.29) is 22.6 Å². The Morgan fingerprint density at radius 1 is 1.07 bits per heavy atom. The van der Waals surface area contributed by atoms with E-state index in [2.05, 4.69) is 0 Å². The van der Waals surface area contributed by atoms with E-state index >= 15 is 0 Å². The first-order valence-electron chi connectivity index (χ1n) is 9.73. The zero-order valence-corrected chi connectivity index (χ0v) is 17.2. The number of nitrogens with zero attached hydrogens (tertiary/aromatic N) is 1. The van der Waals surface area contributed by atoms with Gasteiger partial charge in [0.15, 0.2) is 0 Å². The van der Waals surface area contributed by atoms with E-state index in [0.29, 0.717) is 30.0 Å². The lowest BCUT2D eigenvalue weighted by Crippen LogP contribution is -2.30. The molecule has 1 fully saturated rings. The number of carbonyl (C=O) groups is 2. The molecule has 1 atom stereocenters. The van der Waals surface area contributed by atoms with Gasteiger partial charge in [-0.15, -0.1) is 0 Å². The van der Waals surface area contributed by atoms with Crippen molar-refractivity contribution in [2.45, 2.75) is 25.8 Å². The average Bonchev–Trinajstić information content (AvgIpc) is 3.01. The van der Waals surface area contributed by atoms with Gasteiger partial charge < -0.3 is 24.6 Å². The standard InChI is InChI=1S/C23H25NO6/c1-4-5-12-24-20(14-8-6-9-15(25)13-14)19(22(27)23(24)28)21(26)18-16(29-2)10-7-11-17(18)30-3/h6-11,13,20,25-26H,4-5,12H2,1-3H3/b21-19+. The fourth-order valence-corrected chi connectivity index (χ4v) is 3.70. The van der Waals surface area contributed by atoms with Gasteiger partial charge in [0.2, 0.25) is 0 Å². The van der Waals surface area contributed by atoms with Crippen LogP contribution in [-0.4, -0.2) is 47.6 Å². The highest BCUT2D eigenvalue weighted by Crippen LogP contribution is 2.43. The van der Waals surface area contributed by atoms with Gasteiger partial charge in [0.1, 0.15) is 28.6 Å². The number of ether oxygens (including phenoxy) is 2. The minimum Gasteiger partial charge on any atom is -0.508 e. The molecule has 0 aromatic heterocycles. The summed E-state index contributed by atoms with van der Waals surface area (Å²) in [5.41, 5.74) is 0.659. The van der Waals surface area contributed by atoms with Gasteiger partial charge in [-0.2, -0.15) is 0 Å². The van der Waals surface area contributed by atoms with Crippen molar-refractivity contribution in [2.24, 2.45) is 0 Å². The molecule has 2 aromatic carbocycles. The van der Waals surface area contributed by atoms with Gasteiger partial charge in [-0.25, -0.2) is 0 Å². The molecule has 1 heterocycles. The predicted molar refractivity (Wildman–Crippen MR) is 112 cm³/mol. The largest absolute Gasteiger partial charge is 0.508 e. The van der Waals surface area contributed by atoms with Crippen molar-refractivity contribution in [1.29, 1.82) is 0 Å². The van der Waals surface area contributed by atoms with Gasteiger partial charge in [-0.1, -0.05) is 31.5 Å². The fourth-order valence-electron chi connectivity index (χ4n) is 3.70. The lowest BCUT2D eigenvalue weighted by Gasteiger charge is -2.25. The SMILES string of the molecule is CCCCN1C(=O)C(=O)/C(=C(/O)c2c(OC)cccc2OC)C1c1cccc(O)c1. The molecule has 2 aromatic rings. The Labute approximate surface area is 175 Å². The third-order valence-corrected chi connectivity index (χ3v) is 5.14. The molecule has 1 saturated heterocycles. The molecule has 1 aliphatic rings. The van der Waals surface area contributed by atoms with Gasteiger partial charge in [0, 0.05) is 6.54 Å². The maximum atomic E-state index is 13.0. The Balaban J connectivity index is 2.27. The number of likely N-dealkylation sites (tertiary alicyclic amines) is 1. The predicted octanol–water partition coefficient (Wildman–Crippen LogP) is 3.63. The Morgan fingerprint density at radius 3 is 2.27 bits per heavy atom. The average molecular weight is 411 g/mol. The number of hydrogen-bond acceptors (Lipinski definition) is 6. The summed E-state index contributed by atoms with van der Waals surface area (Å²) < 4.78 is 10.7. The molecule has 7 nitrogen and oxygen atoms in total. The summed E-state index contributed by atoms with van der Waals surface area (Å²) in [7, 11) is 2.89. The van der Waals surface area contributed by atoms with Crippen molar-refractivity contribution in [2.75, 3.05) is 20.8 Å². The summed E-state index contributed by atoms with van der Waals surface area (Å²) in [6.07, 6.45) is 1.52. The number of aromatic hydroxyl groups is 1. The summed E-state index contributed by atoms with van der Waals surface area (Å²) in [5.74, 6) is -1.24. The first-order valence-corrected chi connectivity index (χ1v) is 9.73. The molecule has 7 heteroatoms. The molecular weight excluding hydrogens is 386 g/mol. The van der Waals surface area contributed by atoms with E-state index in [1.807, 2.05) is 6.92 Å². The Hall–Kier alpha value is -3.48. The van der Waals surface area contributed by atoms with Crippen LogP contribution in [0.1, 0.15) is 36.9 Å². The van der Waals surface area contributed by atoms with Crippen LogP contribution in [0.25, 0.3) is 5.76 Å². The van der Waals surface area contributed by atoms with E-state index in [9.17, 15) is 19.8 Å². The topological polar surface area (TPSA) is 96.3 Å². The van der Waals surface area contributed by atoms with Crippen LogP contribution in [0, 0.1) is 0 Å². The minimum atomic E-state index is -0.835. The van der Waals surface area contributed by atoms with Crippen molar-refractivity contribution in [1.82, 2.24) is 4.90 Å². The van der Waals surface area contributed by atoms with E-state index in [0.717, 1.165) is 6.42 Å². The van der Waals surface area contributed by atoms with Crippen LogP contribution < -0.4 is 9.47 Å². The number of aliphatic hydroxyl groups excluding tert-OH is 1. The maximum absolute atomic E-state index is 13.0. The van der Waals surface area contributed by atoms with Gasteiger partial charge in [-0.3, -0.25) is 9.59 Å². The normalized spacial score (nSPS) is 18.0. The molecular formula is C23H25NO6. The number of ketones is 1. The number of phenolic OH excluding ortho intramolecular Hbond substituents is 1. The highest BCUT2D eigenvalue weighted by molar-refractivity contribution is 6.46. The van der Waals surface area contributed by atoms with E-state index < -0.39 is 17.7 Å². The number of hydrogen-bond donors (Lipinski definition) is 2. The van der Waals surface area contributed by atoms with Crippen LogP contribution in [0.3, 0.4) is 0 Å². The third-order valence-electron chi connectivity index (χ3n) is 5.14. The molecule has 158 valence electrons. The molecule has 1 unspecified atom stereocenters. The molecule has 0 spiro atoms. The number of aliphatic hydroxyl groups is 1. The maximum Gasteiger partial charge on any atom is 0.295 e. The van der Waals surface area contributed by atoms with Crippen LogP contribution in [0.15, 0.2) is 48.0 Å². The summed E-state index contributed by atoms with van der Waals surface area (Å²) in [5, 5.41) is 21.2. The summed E-state index contributed by atoms with van der Waals surface area (Å²) in [4.78, 5) is 27.3. The van der Waals surface area contributed by atoms with E-state index in [1.165, 1.54) is 31.3 Å². The Kier molecular flexibility index (Phi) is 6.30. The van der Waals surface area contributed by atoms with Crippen molar-refractivity contribution < 1.29 is 29.3 Å². The molecule has 2 N–H and O–H groups in total. The van der Waals surface area contributed by atoms with Gasteiger partial charge in [0.25, 0.3) is 11.7 Å². The van der Waals surface area contributed by atoms with Gasteiger partial charge in [0.05, 0.1) is 25.8 Å². The second kappa shape index (κ2) is 8.90. The van der Waals surface area contributed by atoms with Crippen LogP contribution >= 0.6 is 0 Å². The van der Waals surface area contributed by atoms with Gasteiger partial charge >= 0.3 is 0 Å². The highest BCUT2D eigenvalue weighted by Gasteiger charge is 2.46. The molecule has 0 aliphatic carbocycles. The van der Waals surface area contributed by atoms with Gasteiger partial charge in [-0.05, 0) is 36.2 Å². The molecule has 0 saturated carbocycles. The first-order chi connectivity index (χ1) is 14.4. The number of amides is 1. The molecule has 0 radical (unpaired) electrons. The summed E-state index contributed by atoms with van der Waals surface area (Å²) in [6, 6.07) is 10.5. The highest BCUT2D eigenvalue weighted by atomic mass is 16.5. The fraction of sp³-hybridized carbons (Fsp3) is 0.304. The Morgan fingerprint density at radius 2 is 1.70 bits per heavy atom. The van der Waals surface area contributed by atoms with Crippen molar-refractivity contribution in [3.05, 3.63) is 59.2 Å².